The number of hydrogen-bond acceptors (Lipinski definition) is 5. The minimum Gasteiger partial charge on any atom is -0.491 e. The Kier molecular flexibility index (Phi) is 4.70. The van der Waals surface area contributed by atoms with Crippen molar-refractivity contribution in [1.29, 1.82) is 0 Å². The van der Waals surface area contributed by atoms with Crippen LogP contribution in [0.3, 0.4) is 0 Å². The third kappa shape index (κ3) is 4.20. The van der Waals surface area contributed by atoms with Gasteiger partial charge in [0.25, 0.3) is 5.91 Å². The first kappa shape index (κ1) is 16.1. The topological polar surface area (TPSA) is 73.6 Å². The Hall–Kier alpha value is -2.34. The summed E-state index contributed by atoms with van der Waals surface area (Å²) >= 11 is 0. The number of aromatic nitrogens is 1. The quantitative estimate of drug-likeness (QED) is 0.837. The highest BCUT2D eigenvalue weighted by Crippen LogP contribution is 2.40. The molecule has 6 heteroatoms. The molecule has 6 nitrogen and oxygen atoms in total. The summed E-state index contributed by atoms with van der Waals surface area (Å²) in [6.07, 6.45) is 4.63. The number of ether oxygens (including phenoxy) is 2. The highest BCUT2D eigenvalue weighted by molar-refractivity contribution is 5.92. The van der Waals surface area contributed by atoms with E-state index in [-0.39, 0.29) is 12.0 Å². The van der Waals surface area contributed by atoms with Gasteiger partial charge in [-0.1, -0.05) is 17.3 Å². The molecule has 1 N–H and O–H groups in total. The first-order valence-electron chi connectivity index (χ1n) is 8.86. The molecule has 1 atom stereocenters. The zero-order valence-electron chi connectivity index (χ0n) is 14.1. The number of carbonyl (C=O) groups is 1. The SMILES string of the molecule is O=C(NCc1ccc(OC[C@H]2CCCO2)cc1)c1cc(C2CC2)on1. The van der Waals surface area contributed by atoms with Crippen molar-refractivity contribution in [2.45, 2.75) is 44.2 Å². The van der Waals surface area contributed by atoms with Gasteiger partial charge in [0.15, 0.2) is 5.69 Å². The number of carbonyl (C=O) groups excluding carboxylic acids is 1. The van der Waals surface area contributed by atoms with Crippen LogP contribution in [0.5, 0.6) is 5.75 Å². The van der Waals surface area contributed by atoms with Crippen molar-refractivity contribution < 1.29 is 18.8 Å². The molecule has 2 heterocycles. The lowest BCUT2D eigenvalue weighted by Crippen LogP contribution is -2.23. The van der Waals surface area contributed by atoms with Crippen LogP contribution in [0.1, 0.15) is 53.4 Å². The molecule has 0 radical (unpaired) electrons. The summed E-state index contributed by atoms with van der Waals surface area (Å²) in [5.74, 6) is 1.87. The van der Waals surface area contributed by atoms with Gasteiger partial charge >= 0.3 is 0 Å². The normalized spacial score (nSPS) is 19.8. The van der Waals surface area contributed by atoms with Crippen molar-refractivity contribution >= 4 is 5.91 Å². The van der Waals surface area contributed by atoms with E-state index in [0.717, 1.165) is 49.4 Å². The molecule has 0 bridgehead atoms. The molecule has 2 fully saturated rings. The highest BCUT2D eigenvalue weighted by Gasteiger charge is 2.28. The second-order valence-corrected chi connectivity index (χ2v) is 6.66. The van der Waals surface area contributed by atoms with Crippen LogP contribution >= 0.6 is 0 Å². The zero-order valence-corrected chi connectivity index (χ0v) is 14.1. The zero-order chi connectivity index (χ0) is 17.1. The number of amides is 1. The van der Waals surface area contributed by atoms with Crippen molar-refractivity contribution in [1.82, 2.24) is 10.5 Å². The summed E-state index contributed by atoms with van der Waals surface area (Å²) in [5, 5.41) is 6.71. The number of nitrogens with one attached hydrogen (secondary N) is 1. The Labute approximate surface area is 146 Å². The van der Waals surface area contributed by atoms with E-state index in [1.54, 1.807) is 6.07 Å². The number of nitrogens with zero attached hydrogens (tertiary/aromatic N) is 1. The third-order valence-corrected chi connectivity index (χ3v) is 4.58. The molecule has 1 aromatic heterocycles. The average Bonchev–Trinajstić information content (AvgIpc) is 3.15. The fraction of sp³-hybridized carbons (Fsp3) is 0.474. The Morgan fingerprint density at radius 2 is 2.08 bits per heavy atom. The van der Waals surface area contributed by atoms with E-state index < -0.39 is 0 Å². The smallest absolute Gasteiger partial charge is 0.273 e. The van der Waals surface area contributed by atoms with Crippen molar-refractivity contribution in [3.8, 4) is 5.75 Å². The molecule has 25 heavy (non-hydrogen) atoms. The average molecular weight is 342 g/mol. The number of rotatable bonds is 7. The van der Waals surface area contributed by atoms with E-state index >= 15 is 0 Å². The van der Waals surface area contributed by atoms with Gasteiger partial charge in [-0.3, -0.25) is 4.79 Å². The van der Waals surface area contributed by atoms with E-state index in [2.05, 4.69) is 10.5 Å². The summed E-state index contributed by atoms with van der Waals surface area (Å²) in [7, 11) is 0. The molecule has 1 saturated carbocycles. The maximum atomic E-state index is 12.1. The summed E-state index contributed by atoms with van der Waals surface area (Å²) in [5.41, 5.74) is 1.35. The minimum atomic E-state index is -0.214. The van der Waals surface area contributed by atoms with E-state index in [9.17, 15) is 4.79 Å². The summed E-state index contributed by atoms with van der Waals surface area (Å²) in [6, 6.07) is 9.47. The fourth-order valence-electron chi connectivity index (χ4n) is 2.90. The molecule has 1 aromatic carbocycles. The van der Waals surface area contributed by atoms with Gasteiger partial charge < -0.3 is 19.3 Å². The van der Waals surface area contributed by atoms with Gasteiger partial charge in [0.1, 0.15) is 18.1 Å². The molecule has 0 spiro atoms. The molecule has 0 unspecified atom stereocenters. The third-order valence-electron chi connectivity index (χ3n) is 4.58. The molecule has 1 amide bonds. The second-order valence-electron chi connectivity index (χ2n) is 6.66. The highest BCUT2D eigenvalue weighted by atomic mass is 16.5. The van der Waals surface area contributed by atoms with Crippen LogP contribution in [0.15, 0.2) is 34.9 Å². The summed E-state index contributed by atoms with van der Waals surface area (Å²) < 4.78 is 16.5. The predicted molar refractivity (Wildman–Crippen MR) is 90.6 cm³/mol. The predicted octanol–water partition coefficient (Wildman–Crippen LogP) is 3.04. The maximum Gasteiger partial charge on any atom is 0.273 e. The lowest BCUT2D eigenvalue weighted by Gasteiger charge is -2.11. The van der Waals surface area contributed by atoms with Crippen LogP contribution in [-0.4, -0.2) is 30.4 Å². The van der Waals surface area contributed by atoms with Gasteiger partial charge in [0.2, 0.25) is 0 Å². The van der Waals surface area contributed by atoms with Gasteiger partial charge in [-0.15, -0.1) is 0 Å². The molecule has 1 aliphatic heterocycles. The molecular weight excluding hydrogens is 320 g/mol. The Balaban J connectivity index is 1.24. The molecule has 2 aliphatic rings. The van der Waals surface area contributed by atoms with Gasteiger partial charge in [0, 0.05) is 25.1 Å². The Morgan fingerprint density at radius 3 is 2.80 bits per heavy atom. The Morgan fingerprint density at radius 1 is 1.24 bits per heavy atom. The van der Waals surface area contributed by atoms with E-state index in [1.165, 1.54) is 0 Å². The number of hydrogen-bond donors (Lipinski definition) is 1. The lowest BCUT2D eigenvalue weighted by molar-refractivity contribution is 0.0679. The standard InChI is InChI=1S/C19H22N2O4/c22-19(17-10-18(25-21-17)14-5-6-14)20-11-13-3-7-15(8-4-13)24-12-16-2-1-9-23-16/h3-4,7-8,10,14,16H,1-2,5-6,9,11-12H2,(H,20,22)/t16-/m1/s1. The van der Waals surface area contributed by atoms with Gasteiger partial charge in [-0.2, -0.15) is 0 Å². The molecule has 2 aromatic rings. The lowest BCUT2D eigenvalue weighted by atomic mass is 10.2. The van der Waals surface area contributed by atoms with Crippen LogP contribution in [0.2, 0.25) is 0 Å². The monoisotopic (exact) mass is 342 g/mol. The van der Waals surface area contributed by atoms with Crippen molar-refractivity contribution in [3.63, 3.8) is 0 Å². The molecule has 4 rings (SSSR count). The molecule has 1 saturated heterocycles. The van der Waals surface area contributed by atoms with E-state index in [1.807, 2.05) is 24.3 Å². The van der Waals surface area contributed by atoms with Crippen LogP contribution in [0, 0.1) is 0 Å². The van der Waals surface area contributed by atoms with Gasteiger partial charge in [-0.25, -0.2) is 0 Å². The van der Waals surface area contributed by atoms with Crippen molar-refractivity contribution in [3.05, 3.63) is 47.3 Å². The van der Waals surface area contributed by atoms with E-state index in [0.29, 0.717) is 24.8 Å². The summed E-state index contributed by atoms with van der Waals surface area (Å²) in [4.78, 5) is 12.1. The first-order valence-corrected chi connectivity index (χ1v) is 8.86. The van der Waals surface area contributed by atoms with Crippen LogP contribution in [0.25, 0.3) is 0 Å². The molecular formula is C19H22N2O4. The summed E-state index contributed by atoms with van der Waals surface area (Å²) in [6.45, 7) is 1.86. The van der Waals surface area contributed by atoms with Crippen molar-refractivity contribution in [2.75, 3.05) is 13.2 Å². The molecule has 132 valence electrons. The fourth-order valence-corrected chi connectivity index (χ4v) is 2.90. The van der Waals surface area contributed by atoms with Gasteiger partial charge in [-0.05, 0) is 43.4 Å². The van der Waals surface area contributed by atoms with Crippen LogP contribution < -0.4 is 10.1 Å². The second kappa shape index (κ2) is 7.27. The first-order chi connectivity index (χ1) is 12.3. The molecule has 1 aliphatic carbocycles. The number of benzene rings is 1. The minimum absolute atomic E-state index is 0.210. The van der Waals surface area contributed by atoms with Crippen molar-refractivity contribution in [2.24, 2.45) is 0 Å². The van der Waals surface area contributed by atoms with E-state index in [4.69, 9.17) is 14.0 Å². The largest absolute Gasteiger partial charge is 0.491 e. The van der Waals surface area contributed by atoms with Crippen LogP contribution in [-0.2, 0) is 11.3 Å². The van der Waals surface area contributed by atoms with Gasteiger partial charge in [0.05, 0.1) is 6.10 Å². The Bertz CT molecular complexity index is 715. The maximum absolute atomic E-state index is 12.1. The van der Waals surface area contributed by atoms with Crippen LogP contribution in [0.4, 0.5) is 0 Å².